The maximum atomic E-state index is 5.29. The van der Waals surface area contributed by atoms with Crippen LogP contribution in [0.2, 0.25) is 0 Å². The quantitative estimate of drug-likeness (QED) is 0.750. The topological polar surface area (TPSA) is 35.3 Å². The SMILES string of the molecule is COc1ccc2oc(I)nc2c1. The predicted octanol–water partition coefficient (Wildman–Crippen LogP) is 2.44. The monoisotopic (exact) mass is 275 g/mol. The summed E-state index contributed by atoms with van der Waals surface area (Å²) in [4.78, 5) is 4.16. The van der Waals surface area contributed by atoms with E-state index < -0.39 is 0 Å². The van der Waals surface area contributed by atoms with Crippen LogP contribution < -0.4 is 4.74 Å². The lowest BCUT2D eigenvalue weighted by Crippen LogP contribution is -1.80. The van der Waals surface area contributed by atoms with Gasteiger partial charge in [0.25, 0.3) is 3.90 Å². The van der Waals surface area contributed by atoms with Crippen molar-refractivity contribution in [3.05, 3.63) is 22.1 Å². The lowest BCUT2D eigenvalue weighted by molar-refractivity contribution is 0.415. The number of hydrogen-bond donors (Lipinski definition) is 0. The number of oxazole rings is 1. The van der Waals surface area contributed by atoms with Crippen LogP contribution in [0, 0.1) is 3.90 Å². The van der Waals surface area contributed by atoms with Gasteiger partial charge in [0.05, 0.1) is 7.11 Å². The molecule has 1 aromatic carbocycles. The highest BCUT2D eigenvalue weighted by Crippen LogP contribution is 2.21. The predicted molar refractivity (Wildman–Crippen MR) is 53.3 cm³/mol. The van der Waals surface area contributed by atoms with E-state index in [1.165, 1.54) is 0 Å². The molecule has 0 aliphatic heterocycles. The molecule has 0 fully saturated rings. The molecule has 0 unspecified atom stereocenters. The summed E-state index contributed by atoms with van der Waals surface area (Å²) >= 11 is 2.04. The second kappa shape index (κ2) is 2.93. The van der Waals surface area contributed by atoms with Crippen molar-refractivity contribution >= 4 is 33.7 Å². The van der Waals surface area contributed by atoms with E-state index in [9.17, 15) is 0 Å². The fourth-order valence-corrected chi connectivity index (χ4v) is 1.50. The Balaban J connectivity index is 2.66. The summed E-state index contributed by atoms with van der Waals surface area (Å²) < 4.78 is 11.0. The van der Waals surface area contributed by atoms with Crippen molar-refractivity contribution in [2.75, 3.05) is 7.11 Å². The van der Waals surface area contributed by atoms with Crippen LogP contribution in [0.1, 0.15) is 0 Å². The minimum atomic E-state index is 0.649. The summed E-state index contributed by atoms with van der Waals surface area (Å²) in [5.74, 6) is 0.798. The van der Waals surface area contributed by atoms with Gasteiger partial charge in [0, 0.05) is 28.7 Å². The number of aromatic nitrogens is 1. The highest BCUT2D eigenvalue weighted by molar-refractivity contribution is 14.1. The van der Waals surface area contributed by atoms with E-state index >= 15 is 0 Å². The molecule has 2 aromatic rings. The number of fused-ring (bicyclic) bond motifs is 1. The lowest BCUT2D eigenvalue weighted by atomic mass is 10.3. The first-order valence-corrected chi connectivity index (χ1v) is 4.47. The zero-order valence-electron chi connectivity index (χ0n) is 6.37. The average molecular weight is 275 g/mol. The highest BCUT2D eigenvalue weighted by Gasteiger charge is 2.02. The Kier molecular flexibility index (Phi) is 1.92. The van der Waals surface area contributed by atoms with Gasteiger partial charge in [0.1, 0.15) is 11.3 Å². The Labute approximate surface area is 82.9 Å². The van der Waals surface area contributed by atoms with Crippen LogP contribution in [0.25, 0.3) is 11.1 Å². The molecule has 0 radical (unpaired) electrons. The normalized spacial score (nSPS) is 10.5. The number of hydrogen-bond acceptors (Lipinski definition) is 3. The van der Waals surface area contributed by atoms with Gasteiger partial charge in [-0.05, 0) is 12.1 Å². The molecular formula is C8H6INO2. The molecule has 0 saturated heterocycles. The second-order valence-corrected chi connectivity index (χ2v) is 3.22. The van der Waals surface area contributed by atoms with Crippen LogP contribution in [-0.2, 0) is 0 Å². The van der Waals surface area contributed by atoms with Gasteiger partial charge in [0.15, 0.2) is 5.58 Å². The van der Waals surface area contributed by atoms with Gasteiger partial charge in [-0.1, -0.05) is 0 Å². The summed E-state index contributed by atoms with van der Waals surface area (Å²) in [6.07, 6.45) is 0. The van der Waals surface area contributed by atoms with Gasteiger partial charge in [-0.15, -0.1) is 0 Å². The molecule has 0 saturated carbocycles. The standard InChI is InChI=1S/C8H6INO2/c1-11-5-2-3-7-6(4-5)10-8(9)12-7/h2-4H,1H3. The molecule has 0 aliphatic rings. The van der Waals surface area contributed by atoms with Crippen LogP contribution in [0.4, 0.5) is 0 Å². The van der Waals surface area contributed by atoms with Crippen LogP contribution in [0.3, 0.4) is 0 Å². The number of ether oxygens (including phenoxy) is 1. The summed E-state index contributed by atoms with van der Waals surface area (Å²) in [7, 11) is 1.63. The van der Waals surface area contributed by atoms with E-state index in [2.05, 4.69) is 4.98 Å². The van der Waals surface area contributed by atoms with E-state index in [0.29, 0.717) is 3.90 Å². The van der Waals surface area contributed by atoms with Crippen molar-refractivity contribution in [2.24, 2.45) is 0 Å². The molecule has 1 aromatic heterocycles. The summed E-state index contributed by atoms with van der Waals surface area (Å²) in [6.45, 7) is 0. The summed E-state index contributed by atoms with van der Waals surface area (Å²) in [5, 5.41) is 0. The fraction of sp³-hybridized carbons (Fsp3) is 0.125. The maximum Gasteiger partial charge on any atom is 0.258 e. The smallest absolute Gasteiger partial charge is 0.258 e. The van der Waals surface area contributed by atoms with Crippen molar-refractivity contribution in [3.63, 3.8) is 0 Å². The van der Waals surface area contributed by atoms with Crippen LogP contribution in [0.15, 0.2) is 22.6 Å². The van der Waals surface area contributed by atoms with E-state index in [-0.39, 0.29) is 0 Å². The maximum absolute atomic E-state index is 5.29. The van der Waals surface area contributed by atoms with Crippen LogP contribution in [0.5, 0.6) is 5.75 Å². The third-order valence-electron chi connectivity index (χ3n) is 1.57. The molecule has 12 heavy (non-hydrogen) atoms. The first-order chi connectivity index (χ1) is 5.79. The third-order valence-corrected chi connectivity index (χ3v) is 2.03. The number of methoxy groups -OCH3 is 1. The molecule has 62 valence electrons. The number of nitrogens with zero attached hydrogens (tertiary/aromatic N) is 1. The Morgan fingerprint density at radius 2 is 2.33 bits per heavy atom. The largest absolute Gasteiger partial charge is 0.497 e. The Morgan fingerprint density at radius 3 is 3.08 bits per heavy atom. The average Bonchev–Trinajstić information content (AvgIpc) is 2.43. The van der Waals surface area contributed by atoms with Gasteiger partial charge < -0.3 is 9.15 Å². The summed E-state index contributed by atoms with van der Waals surface area (Å²) in [6, 6.07) is 5.55. The number of halogens is 1. The van der Waals surface area contributed by atoms with E-state index in [4.69, 9.17) is 9.15 Å². The van der Waals surface area contributed by atoms with Crippen molar-refractivity contribution in [1.82, 2.24) is 4.98 Å². The van der Waals surface area contributed by atoms with Gasteiger partial charge in [-0.2, -0.15) is 0 Å². The Bertz CT molecular complexity index is 410. The Hall–Kier alpha value is -0.780. The minimum absolute atomic E-state index is 0.649. The lowest BCUT2D eigenvalue weighted by Gasteiger charge is -1.95. The Morgan fingerprint density at radius 1 is 1.50 bits per heavy atom. The van der Waals surface area contributed by atoms with Crippen molar-refractivity contribution in [3.8, 4) is 5.75 Å². The van der Waals surface area contributed by atoms with Crippen molar-refractivity contribution in [1.29, 1.82) is 0 Å². The highest BCUT2D eigenvalue weighted by atomic mass is 127. The van der Waals surface area contributed by atoms with E-state index in [1.807, 2.05) is 40.8 Å². The molecule has 2 rings (SSSR count). The molecule has 4 heteroatoms. The zero-order chi connectivity index (χ0) is 8.55. The number of benzene rings is 1. The molecule has 3 nitrogen and oxygen atoms in total. The molecule has 0 N–H and O–H groups in total. The molecule has 0 atom stereocenters. The molecule has 0 bridgehead atoms. The molecule has 0 spiro atoms. The van der Waals surface area contributed by atoms with Gasteiger partial charge in [-0.3, -0.25) is 0 Å². The van der Waals surface area contributed by atoms with Crippen LogP contribution in [-0.4, -0.2) is 12.1 Å². The van der Waals surface area contributed by atoms with Crippen LogP contribution >= 0.6 is 22.6 Å². The van der Waals surface area contributed by atoms with Crippen molar-refractivity contribution < 1.29 is 9.15 Å². The molecule has 1 heterocycles. The fourth-order valence-electron chi connectivity index (χ4n) is 1.01. The van der Waals surface area contributed by atoms with E-state index in [1.54, 1.807) is 7.11 Å². The summed E-state index contributed by atoms with van der Waals surface area (Å²) in [5.41, 5.74) is 1.62. The van der Waals surface area contributed by atoms with Gasteiger partial charge in [0.2, 0.25) is 0 Å². The van der Waals surface area contributed by atoms with Crippen molar-refractivity contribution in [2.45, 2.75) is 0 Å². The second-order valence-electron chi connectivity index (χ2n) is 2.30. The first-order valence-electron chi connectivity index (χ1n) is 3.39. The third kappa shape index (κ3) is 1.26. The molecule has 0 amide bonds. The molecule has 0 aliphatic carbocycles. The van der Waals surface area contributed by atoms with E-state index in [0.717, 1.165) is 16.8 Å². The van der Waals surface area contributed by atoms with Gasteiger partial charge >= 0.3 is 0 Å². The zero-order valence-corrected chi connectivity index (χ0v) is 8.53. The molecular weight excluding hydrogens is 269 g/mol. The number of rotatable bonds is 1. The first kappa shape index (κ1) is 7.85. The minimum Gasteiger partial charge on any atom is -0.497 e. The van der Waals surface area contributed by atoms with Gasteiger partial charge in [-0.25, -0.2) is 4.98 Å².